The summed E-state index contributed by atoms with van der Waals surface area (Å²) >= 11 is 11.7. The molecule has 2 rings (SSSR count). The molecule has 0 aliphatic carbocycles. The van der Waals surface area contributed by atoms with Crippen molar-refractivity contribution in [2.45, 2.75) is 0 Å². The zero-order chi connectivity index (χ0) is 17.9. The highest BCUT2D eigenvalue weighted by Gasteiger charge is 2.19. The van der Waals surface area contributed by atoms with Crippen LogP contribution in [0.5, 0.6) is 5.75 Å². The third kappa shape index (κ3) is 4.11. The fraction of sp³-hybridized carbons (Fsp3) is 0.0625. The number of carboxylic acid groups (broad SMARTS) is 1. The largest absolute Gasteiger partial charge is 0.497 e. The Morgan fingerprint density at radius 1 is 1.21 bits per heavy atom. The molecule has 0 saturated heterocycles. The Morgan fingerprint density at radius 3 is 2.38 bits per heavy atom. The number of carboxylic acids is 1. The molecule has 5 nitrogen and oxygen atoms in total. The monoisotopic (exact) mass is 384 g/mol. The zero-order valence-electron chi connectivity index (χ0n) is 12.3. The van der Waals surface area contributed by atoms with E-state index < -0.39 is 13.3 Å². The molecule has 0 saturated carbocycles. The molecule has 0 radical (unpaired) electrons. The molecule has 0 aromatic heterocycles. The molecule has 0 bridgehead atoms. The predicted molar refractivity (Wildman–Crippen MR) is 92.8 cm³/mol. The van der Waals surface area contributed by atoms with E-state index in [0.717, 1.165) is 0 Å². The van der Waals surface area contributed by atoms with Crippen LogP contribution in [-0.2, 0) is 4.57 Å². The van der Waals surface area contributed by atoms with E-state index >= 15 is 0 Å². The lowest BCUT2D eigenvalue weighted by molar-refractivity contribution is 0.0697. The van der Waals surface area contributed by atoms with Crippen LogP contribution in [0.15, 0.2) is 36.4 Å². The Bertz CT molecular complexity index is 891. The lowest BCUT2D eigenvalue weighted by Gasteiger charge is -2.06. The van der Waals surface area contributed by atoms with Gasteiger partial charge in [-0.25, -0.2) is 4.79 Å². The standard InChI is InChI=1S/C16H11Cl2O5P/c1-23-11-3-2-4-12(9-11)24(21,22)6-5-10-7-13(17)15(16(19)20)14(18)8-10/h2-4,7-9H,1H3,(H,19,20)(H,21,22). The topological polar surface area (TPSA) is 83.8 Å². The summed E-state index contributed by atoms with van der Waals surface area (Å²) in [7, 11) is -2.51. The smallest absolute Gasteiger partial charge is 0.338 e. The van der Waals surface area contributed by atoms with Gasteiger partial charge in [-0.2, -0.15) is 0 Å². The van der Waals surface area contributed by atoms with E-state index in [1.807, 2.05) is 0 Å². The van der Waals surface area contributed by atoms with E-state index in [0.29, 0.717) is 5.75 Å². The summed E-state index contributed by atoms with van der Waals surface area (Å²) in [6, 6.07) is 8.65. The number of hydrogen-bond donors (Lipinski definition) is 2. The maximum absolute atomic E-state index is 12.4. The molecule has 24 heavy (non-hydrogen) atoms. The summed E-state index contributed by atoms with van der Waals surface area (Å²) in [5, 5.41) is 8.91. The van der Waals surface area contributed by atoms with Gasteiger partial charge in [-0.05, 0) is 36.0 Å². The van der Waals surface area contributed by atoms with Crippen LogP contribution >= 0.6 is 30.6 Å². The molecule has 0 amide bonds. The first kappa shape index (κ1) is 18.4. The number of ether oxygens (including phenoxy) is 1. The number of carbonyl (C=O) groups is 1. The van der Waals surface area contributed by atoms with Crippen LogP contribution in [-0.4, -0.2) is 23.1 Å². The molecule has 8 heteroatoms. The predicted octanol–water partition coefficient (Wildman–Crippen LogP) is 3.61. The third-order valence-corrected chi connectivity index (χ3v) is 5.00. The molecule has 1 unspecified atom stereocenters. The second-order valence-corrected chi connectivity index (χ2v) is 7.34. The Labute approximate surface area is 148 Å². The second kappa shape index (κ2) is 7.29. The van der Waals surface area contributed by atoms with Gasteiger partial charge >= 0.3 is 13.3 Å². The highest BCUT2D eigenvalue weighted by Crippen LogP contribution is 2.38. The van der Waals surface area contributed by atoms with Crippen LogP contribution in [0.1, 0.15) is 15.9 Å². The minimum atomic E-state index is -3.96. The zero-order valence-corrected chi connectivity index (χ0v) is 14.7. The molecule has 1 atom stereocenters. The molecule has 0 fully saturated rings. The molecule has 0 aliphatic heterocycles. The number of rotatable bonds is 3. The summed E-state index contributed by atoms with van der Waals surface area (Å²) in [6.07, 6.45) is 0. The van der Waals surface area contributed by atoms with Crippen molar-refractivity contribution in [1.82, 2.24) is 0 Å². The first-order valence-corrected chi connectivity index (χ1v) is 8.89. The van der Waals surface area contributed by atoms with Crippen molar-refractivity contribution in [3.05, 3.63) is 57.6 Å². The Morgan fingerprint density at radius 2 is 1.83 bits per heavy atom. The Hall–Kier alpha value is -1.96. The number of hydrogen-bond acceptors (Lipinski definition) is 3. The van der Waals surface area contributed by atoms with Crippen LogP contribution in [0.2, 0.25) is 10.0 Å². The first-order valence-electron chi connectivity index (χ1n) is 6.47. The van der Waals surface area contributed by atoms with Crippen LogP contribution in [0, 0.1) is 11.6 Å². The molecular formula is C16H11Cl2O5P. The van der Waals surface area contributed by atoms with E-state index in [1.54, 1.807) is 12.1 Å². The average molecular weight is 385 g/mol. The lowest BCUT2D eigenvalue weighted by atomic mass is 10.1. The molecule has 0 spiro atoms. The van der Waals surface area contributed by atoms with Gasteiger partial charge in [0.25, 0.3) is 0 Å². The number of benzene rings is 2. The van der Waals surface area contributed by atoms with E-state index in [9.17, 15) is 14.3 Å². The minimum Gasteiger partial charge on any atom is -0.497 e. The molecule has 2 aromatic carbocycles. The van der Waals surface area contributed by atoms with Crippen LogP contribution in [0.25, 0.3) is 0 Å². The van der Waals surface area contributed by atoms with Gasteiger partial charge in [-0.15, -0.1) is 0 Å². The number of methoxy groups -OCH3 is 1. The van der Waals surface area contributed by atoms with Crippen molar-refractivity contribution in [1.29, 1.82) is 0 Å². The van der Waals surface area contributed by atoms with Gasteiger partial charge < -0.3 is 14.7 Å². The van der Waals surface area contributed by atoms with Crippen molar-refractivity contribution in [2.24, 2.45) is 0 Å². The van der Waals surface area contributed by atoms with Crippen LogP contribution in [0.3, 0.4) is 0 Å². The number of aromatic carboxylic acids is 1. The highest BCUT2D eigenvalue weighted by atomic mass is 35.5. The average Bonchev–Trinajstić information content (AvgIpc) is 2.52. The first-order chi connectivity index (χ1) is 11.2. The molecular weight excluding hydrogens is 374 g/mol. The normalized spacial score (nSPS) is 12.7. The maximum atomic E-state index is 12.4. The van der Waals surface area contributed by atoms with E-state index in [1.165, 1.54) is 31.4 Å². The molecule has 2 aromatic rings. The maximum Gasteiger partial charge on any atom is 0.338 e. The van der Waals surface area contributed by atoms with E-state index in [-0.39, 0.29) is 26.5 Å². The van der Waals surface area contributed by atoms with Crippen molar-refractivity contribution in [3.63, 3.8) is 0 Å². The van der Waals surface area contributed by atoms with Gasteiger partial charge in [-0.3, -0.25) is 4.57 Å². The second-order valence-electron chi connectivity index (χ2n) is 4.63. The van der Waals surface area contributed by atoms with Gasteiger partial charge in [0.05, 0.1) is 28.0 Å². The van der Waals surface area contributed by atoms with Crippen molar-refractivity contribution < 1.29 is 24.1 Å². The quantitative estimate of drug-likeness (QED) is 0.623. The van der Waals surface area contributed by atoms with Crippen molar-refractivity contribution in [3.8, 4) is 17.3 Å². The van der Waals surface area contributed by atoms with Gasteiger partial charge in [0.15, 0.2) is 0 Å². The van der Waals surface area contributed by atoms with E-state index in [2.05, 4.69) is 11.6 Å². The van der Waals surface area contributed by atoms with Crippen LogP contribution in [0.4, 0.5) is 0 Å². The molecule has 124 valence electrons. The van der Waals surface area contributed by atoms with Gasteiger partial charge in [0, 0.05) is 5.56 Å². The third-order valence-electron chi connectivity index (χ3n) is 3.01. The summed E-state index contributed by atoms with van der Waals surface area (Å²) in [5.74, 6) is 1.66. The lowest BCUT2D eigenvalue weighted by Crippen LogP contribution is -2.03. The fourth-order valence-electron chi connectivity index (χ4n) is 1.85. The fourth-order valence-corrected chi connectivity index (χ4v) is 3.50. The Balaban J connectivity index is 2.41. The molecule has 0 heterocycles. The van der Waals surface area contributed by atoms with Crippen LogP contribution < -0.4 is 10.0 Å². The van der Waals surface area contributed by atoms with Gasteiger partial charge in [0.1, 0.15) is 5.75 Å². The van der Waals surface area contributed by atoms with E-state index in [4.69, 9.17) is 33.0 Å². The minimum absolute atomic E-state index is 0.103. The SMILES string of the molecule is COc1cccc(P(=O)(O)C#Cc2cc(Cl)c(C(=O)O)c(Cl)c2)c1. The molecule has 0 aliphatic rings. The van der Waals surface area contributed by atoms with Gasteiger partial charge in [-0.1, -0.05) is 35.2 Å². The summed E-state index contributed by atoms with van der Waals surface area (Å²) in [5.41, 5.74) is 2.27. The van der Waals surface area contributed by atoms with Crippen molar-refractivity contribution in [2.75, 3.05) is 7.11 Å². The van der Waals surface area contributed by atoms with Gasteiger partial charge in [0.2, 0.25) is 0 Å². The van der Waals surface area contributed by atoms with Crippen molar-refractivity contribution >= 4 is 41.8 Å². The Kier molecular flexibility index (Phi) is 5.58. The highest BCUT2D eigenvalue weighted by molar-refractivity contribution is 7.71. The summed E-state index contributed by atoms with van der Waals surface area (Å²) in [6.45, 7) is 0. The summed E-state index contributed by atoms with van der Waals surface area (Å²) < 4.78 is 17.4. The molecule has 2 N–H and O–H groups in total. The number of halogens is 2. The summed E-state index contributed by atoms with van der Waals surface area (Å²) in [4.78, 5) is 21.1.